The number of non-ortho nitro benzene ring substituents is 1. The van der Waals surface area contributed by atoms with Crippen LogP contribution in [0.3, 0.4) is 0 Å². The Morgan fingerprint density at radius 3 is 2.33 bits per heavy atom. The Bertz CT molecular complexity index is 887. The molecular formula is C17H19N5O5. The zero-order valence-electron chi connectivity index (χ0n) is 14.8. The van der Waals surface area contributed by atoms with E-state index >= 15 is 0 Å². The first-order valence-electron chi connectivity index (χ1n) is 8.37. The Hall–Kier alpha value is -3.43. The van der Waals surface area contributed by atoms with Crippen LogP contribution < -0.4 is 15.4 Å². The number of carbonyl (C=O) groups is 1. The van der Waals surface area contributed by atoms with E-state index in [-0.39, 0.29) is 17.8 Å². The lowest BCUT2D eigenvalue weighted by Gasteiger charge is -2.36. The molecule has 27 heavy (non-hydrogen) atoms. The van der Waals surface area contributed by atoms with Crippen molar-refractivity contribution in [2.24, 2.45) is 0 Å². The number of hydrogen-bond donors (Lipinski definition) is 0. The monoisotopic (exact) mass is 373 g/mol. The summed E-state index contributed by atoms with van der Waals surface area (Å²) < 4.78 is 5.67. The first-order valence-corrected chi connectivity index (χ1v) is 8.37. The Balaban J connectivity index is 1.66. The van der Waals surface area contributed by atoms with E-state index in [0.29, 0.717) is 32.0 Å². The third-order valence-corrected chi connectivity index (χ3v) is 4.39. The van der Waals surface area contributed by atoms with Crippen molar-refractivity contribution in [1.29, 1.82) is 0 Å². The molecule has 0 radical (unpaired) electrons. The number of ether oxygens (including phenoxy) is 1. The fourth-order valence-corrected chi connectivity index (χ4v) is 2.89. The Morgan fingerprint density at radius 1 is 1.11 bits per heavy atom. The average Bonchev–Trinajstić information content (AvgIpc) is 2.69. The van der Waals surface area contributed by atoms with Gasteiger partial charge in [-0.1, -0.05) is 0 Å². The van der Waals surface area contributed by atoms with Crippen molar-refractivity contribution in [3.8, 4) is 0 Å². The smallest absolute Gasteiger partial charge is 0.327 e. The number of hydrogen-bond acceptors (Lipinski definition) is 8. The minimum Gasteiger partial charge on any atom is -0.468 e. The second-order valence-electron chi connectivity index (χ2n) is 6.01. The third-order valence-electron chi connectivity index (χ3n) is 4.39. The Kier molecular flexibility index (Phi) is 5.34. The zero-order chi connectivity index (χ0) is 19.4. The molecule has 2 aromatic rings. The van der Waals surface area contributed by atoms with Crippen molar-refractivity contribution >= 4 is 23.2 Å². The highest BCUT2D eigenvalue weighted by Crippen LogP contribution is 2.21. The molecule has 1 aliphatic rings. The number of nitro benzene ring substituents is 1. The highest BCUT2D eigenvalue weighted by Gasteiger charge is 2.20. The van der Waals surface area contributed by atoms with Crippen LogP contribution in [-0.2, 0) is 16.1 Å². The van der Waals surface area contributed by atoms with E-state index in [1.54, 1.807) is 18.2 Å². The summed E-state index contributed by atoms with van der Waals surface area (Å²) in [5.41, 5.74) is 0.618. The van der Waals surface area contributed by atoms with Crippen LogP contribution in [0.5, 0.6) is 0 Å². The number of methoxy groups -OCH3 is 1. The lowest BCUT2D eigenvalue weighted by Crippen LogP contribution is -2.47. The van der Waals surface area contributed by atoms with Gasteiger partial charge in [-0.05, 0) is 18.2 Å². The molecule has 1 aliphatic heterocycles. The molecule has 1 aromatic carbocycles. The molecule has 0 amide bonds. The van der Waals surface area contributed by atoms with Crippen LogP contribution >= 0.6 is 0 Å². The van der Waals surface area contributed by atoms with Crippen LogP contribution in [0.15, 0.2) is 41.2 Å². The first kappa shape index (κ1) is 18.4. The third kappa shape index (κ3) is 4.22. The van der Waals surface area contributed by atoms with Crippen LogP contribution in [0.25, 0.3) is 0 Å². The second kappa shape index (κ2) is 7.85. The normalized spacial score (nSPS) is 14.1. The fourth-order valence-electron chi connectivity index (χ4n) is 2.89. The molecule has 0 N–H and O–H groups in total. The predicted octanol–water partition coefficient (Wildman–Crippen LogP) is 0.651. The van der Waals surface area contributed by atoms with E-state index in [2.05, 4.69) is 14.7 Å². The summed E-state index contributed by atoms with van der Waals surface area (Å²) in [4.78, 5) is 37.7. The average molecular weight is 373 g/mol. The van der Waals surface area contributed by atoms with Crippen LogP contribution in [0.1, 0.15) is 0 Å². The molecule has 0 unspecified atom stereocenters. The van der Waals surface area contributed by atoms with Crippen LogP contribution in [-0.4, -0.2) is 54.0 Å². The molecule has 0 atom stereocenters. The van der Waals surface area contributed by atoms with Gasteiger partial charge in [0.15, 0.2) is 0 Å². The number of anilines is 2. The molecule has 10 heteroatoms. The van der Waals surface area contributed by atoms with E-state index in [1.807, 2.05) is 4.90 Å². The van der Waals surface area contributed by atoms with Gasteiger partial charge in [0.2, 0.25) is 0 Å². The van der Waals surface area contributed by atoms with Crippen LogP contribution in [0, 0.1) is 10.1 Å². The van der Waals surface area contributed by atoms with Gasteiger partial charge in [0.25, 0.3) is 11.2 Å². The summed E-state index contributed by atoms with van der Waals surface area (Å²) in [7, 11) is 1.26. The molecule has 0 spiro atoms. The van der Waals surface area contributed by atoms with Crippen LogP contribution in [0.2, 0.25) is 0 Å². The Morgan fingerprint density at radius 2 is 1.74 bits per heavy atom. The van der Waals surface area contributed by atoms with Gasteiger partial charge in [-0.2, -0.15) is 5.10 Å². The van der Waals surface area contributed by atoms with E-state index in [4.69, 9.17) is 0 Å². The molecular weight excluding hydrogens is 354 g/mol. The number of aromatic nitrogens is 2. The highest BCUT2D eigenvalue weighted by atomic mass is 16.6. The van der Waals surface area contributed by atoms with Gasteiger partial charge >= 0.3 is 5.97 Å². The first-order chi connectivity index (χ1) is 13.0. The lowest BCUT2D eigenvalue weighted by atomic mass is 10.2. The minimum atomic E-state index is -0.537. The van der Waals surface area contributed by atoms with Crippen molar-refractivity contribution in [3.05, 3.63) is 56.9 Å². The van der Waals surface area contributed by atoms with Gasteiger partial charge in [0.05, 0.1) is 12.0 Å². The summed E-state index contributed by atoms with van der Waals surface area (Å²) in [5.74, 6) is 0.0755. The summed E-state index contributed by atoms with van der Waals surface area (Å²) in [6, 6.07) is 9.48. The molecule has 1 saturated heterocycles. The molecule has 1 fully saturated rings. The van der Waals surface area contributed by atoms with Crippen molar-refractivity contribution in [2.75, 3.05) is 43.1 Å². The molecule has 0 saturated carbocycles. The van der Waals surface area contributed by atoms with E-state index in [9.17, 15) is 19.7 Å². The zero-order valence-corrected chi connectivity index (χ0v) is 14.8. The quantitative estimate of drug-likeness (QED) is 0.427. The summed E-state index contributed by atoms with van der Waals surface area (Å²) >= 11 is 0. The maximum atomic E-state index is 11.8. The second-order valence-corrected chi connectivity index (χ2v) is 6.01. The number of carbonyl (C=O) groups excluding carboxylic acids is 1. The largest absolute Gasteiger partial charge is 0.468 e. The van der Waals surface area contributed by atoms with Crippen molar-refractivity contribution in [1.82, 2.24) is 9.78 Å². The minimum absolute atomic E-state index is 0.0643. The number of nitro groups is 1. The molecule has 0 aliphatic carbocycles. The lowest BCUT2D eigenvalue weighted by molar-refractivity contribution is -0.384. The topological polar surface area (TPSA) is 111 Å². The summed E-state index contributed by atoms with van der Waals surface area (Å²) in [6.07, 6.45) is 0. The fraction of sp³-hybridized carbons (Fsp3) is 0.353. The number of nitrogens with zero attached hydrogens (tertiary/aromatic N) is 5. The number of esters is 1. The summed E-state index contributed by atoms with van der Waals surface area (Å²) in [5, 5.41) is 15.0. The van der Waals surface area contributed by atoms with Crippen molar-refractivity contribution in [3.63, 3.8) is 0 Å². The summed E-state index contributed by atoms with van der Waals surface area (Å²) in [6.45, 7) is 2.51. The van der Waals surface area contributed by atoms with Gasteiger partial charge in [-0.25, -0.2) is 4.68 Å². The maximum absolute atomic E-state index is 11.8. The number of benzene rings is 1. The van der Waals surface area contributed by atoms with Gasteiger partial charge in [-0.3, -0.25) is 19.7 Å². The Labute approximate surface area is 154 Å². The molecule has 10 nitrogen and oxygen atoms in total. The maximum Gasteiger partial charge on any atom is 0.327 e. The number of rotatable bonds is 5. The molecule has 2 heterocycles. The molecule has 3 rings (SSSR count). The predicted molar refractivity (Wildman–Crippen MR) is 98.0 cm³/mol. The van der Waals surface area contributed by atoms with Crippen molar-refractivity contribution < 1.29 is 14.5 Å². The van der Waals surface area contributed by atoms with Crippen LogP contribution in [0.4, 0.5) is 17.2 Å². The molecule has 0 bridgehead atoms. The van der Waals surface area contributed by atoms with Gasteiger partial charge in [-0.15, -0.1) is 0 Å². The molecule has 142 valence electrons. The standard InChI is InChI=1S/C17H19N5O5/c1-27-17(24)12-21-16(23)7-6-15(18-21)20-10-8-19(9-11-20)13-2-4-14(5-3-13)22(25)26/h2-7H,8-12H2,1H3. The molecule has 1 aromatic heterocycles. The van der Waals surface area contributed by atoms with Gasteiger partial charge in [0, 0.05) is 50.1 Å². The SMILES string of the molecule is COC(=O)Cn1nc(N2CCN(c3ccc([N+](=O)[O-])cc3)CC2)ccc1=O. The van der Waals surface area contributed by atoms with Gasteiger partial charge in [0.1, 0.15) is 12.4 Å². The van der Waals surface area contributed by atoms with E-state index in [1.165, 1.54) is 25.3 Å². The van der Waals surface area contributed by atoms with E-state index in [0.717, 1.165) is 10.4 Å². The highest BCUT2D eigenvalue weighted by molar-refractivity contribution is 5.68. The number of piperazine rings is 1. The van der Waals surface area contributed by atoms with E-state index < -0.39 is 10.9 Å². The van der Waals surface area contributed by atoms with Crippen molar-refractivity contribution in [2.45, 2.75) is 6.54 Å². The van der Waals surface area contributed by atoms with Gasteiger partial charge < -0.3 is 14.5 Å².